The lowest BCUT2D eigenvalue weighted by Crippen LogP contribution is -2.27. The number of aromatic nitrogens is 2. The first kappa shape index (κ1) is 11.9. The van der Waals surface area contributed by atoms with Crippen LogP contribution in [0.1, 0.15) is 11.6 Å². The molecule has 5 nitrogen and oxygen atoms in total. The first-order valence-electron chi connectivity index (χ1n) is 5.47. The third-order valence-corrected chi connectivity index (χ3v) is 2.51. The van der Waals surface area contributed by atoms with Crippen LogP contribution in [0.25, 0.3) is 0 Å². The zero-order chi connectivity index (χ0) is 13.0. The minimum Gasteiger partial charge on any atom is -0.374 e. The van der Waals surface area contributed by atoms with Gasteiger partial charge in [-0.05, 0) is 12.1 Å². The summed E-state index contributed by atoms with van der Waals surface area (Å²) in [6.45, 7) is 3.69. The normalized spacial score (nSPS) is 11.8. The fourth-order valence-electron chi connectivity index (χ4n) is 1.63. The largest absolute Gasteiger partial charge is 0.374 e. The summed E-state index contributed by atoms with van der Waals surface area (Å²) >= 11 is 0. The zero-order valence-electron chi connectivity index (χ0n) is 9.64. The summed E-state index contributed by atoms with van der Waals surface area (Å²) in [7, 11) is 0. The smallest absolute Gasteiger partial charge is 0.325 e. The van der Waals surface area contributed by atoms with E-state index in [4.69, 9.17) is 0 Å². The monoisotopic (exact) mass is 243 g/mol. The Balaban J connectivity index is 2.32. The summed E-state index contributed by atoms with van der Waals surface area (Å²) in [5, 5.41) is 3.15. The van der Waals surface area contributed by atoms with Crippen LogP contribution in [0.5, 0.6) is 0 Å². The molecule has 0 saturated heterocycles. The predicted molar refractivity (Wildman–Crippen MR) is 70.7 cm³/mol. The maximum Gasteiger partial charge on any atom is 0.325 e. The average Bonchev–Trinajstić information content (AvgIpc) is 2.38. The van der Waals surface area contributed by atoms with Crippen molar-refractivity contribution in [2.45, 2.75) is 6.04 Å². The van der Waals surface area contributed by atoms with E-state index >= 15 is 0 Å². The number of rotatable bonds is 4. The molecule has 0 bridgehead atoms. The van der Waals surface area contributed by atoms with Gasteiger partial charge in [0.25, 0.3) is 5.56 Å². The minimum absolute atomic E-state index is 0.368. The van der Waals surface area contributed by atoms with Crippen molar-refractivity contribution in [2.24, 2.45) is 0 Å². The molecule has 18 heavy (non-hydrogen) atoms. The van der Waals surface area contributed by atoms with Gasteiger partial charge in [0.15, 0.2) is 0 Å². The second-order valence-electron chi connectivity index (χ2n) is 3.75. The van der Waals surface area contributed by atoms with Gasteiger partial charge in [0.1, 0.15) is 0 Å². The molecular weight excluding hydrogens is 230 g/mol. The Hall–Kier alpha value is -2.56. The molecule has 3 N–H and O–H groups in total. The topological polar surface area (TPSA) is 77.8 Å². The summed E-state index contributed by atoms with van der Waals surface area (Å²) in [5.41, 5.74) is 0.333. The Morgan fingerprint density at radius 3 is 2.56 bits per heavy atom. The SMILES string of the molecule is C=CC(Nc1ccccc1)c1c[nH]c(=O)[nH]c1=O. The molecule has 0 saturated carbocycles. The number of para-hydroxylation sites is 1. The van der Waals surface area contributed by atoms with Crippen LogP contribution in [0.4, 0.5) is 5.69 Å². The van der Waals surface area contributed by atoms with Gasteiger partial charge < -0.3 is 10.3 Å². The van der Waals surface area contributed by atoms with Crippen LogP contribution < -0.4 is 16.6 Å². The second kappa shape index (κ2) is 5.18. The van der Waals surface area contributed by atoms with Crippen LogP contribution >= 0.6 is 0 Å². The van der Waals surface area contributed by atoms with E-state index in [2.05, 4.69) is 21.9 Å². The zero-order valence-corrected chi connectivity index (χ0v) is 9.64. The molecule has 0 fully saturated rings. The van der Waals surface area contributed by atoms with Gasteiger partial charge in [-0.3, -0.25) is 9.78 Å². The van der Waals surface area contributed by atoms with E-state index in [1.807, 2.05) is 30.3 Å². The summed E-state index contributed by atoms with van der Waals surface area (Å²) in [6, 6.07) is 9.08. The van der Waals surface area contributed by atoms with Crippen LogP contribution in [-0.2, 0) is 0 Å². The summed E-state index contributed by atoms with van der Waals surface area (Å²) in [6.07, 6.45) is 3.00. The summed E-state index contributed by atoms with van der Waals surface area (Å²) < 4.78 is 0. The highest BCUT2D eigenvalue weighted by molar-refractivity contribution is 5.45. The van der Waals surface area contributed by atoms with E-state index in [1.165, 1.54) is 6.20 Å². The van der Waals surface area contributed by atoms with Gasteiger partial charge in [0, 0.05) is 11.9 Å². The van der Waals surface area contributed by atoms with Gasteiger partial charge in [-0.15, -0.1) is 6.58 Å². The maximum absolute atomic E-state index is 11.7. The quantitative estimate of drug-likeness (QED) is 0.710. The molecule has 1 aromatic carbocycles. The van der Waals surface area contributed by atoms with Crippen LogP contribution in [0.15, 0.2) is 58.8 Å². The molecule has 5 heteroatoms. The van der Waals surface area contributed by atoms with Crippen LogP contribution in [0.2, 0.25) is 0 Å². The molecule has 1 unspecified atom stereocenters. The standard InChI is InChI=1S/C13H13N3O2/c1-2-11(15-9-6-4-3-5-7-9)10-8-14-13(18)16-12(10)17/h2-8,11,15H,1H2,(H2,14,16,17,18). The van der Waals surface area contributed by atoms with Crippen molar-refractivity contribution in [3.8, 4) is 0 Å². The second-order valence-corrected chi connectivity index (χ2v) is 3.75. The molecule has 2 aromatic rings. The van der Waals surface area contributed by atoms with Gasteiger partial charge in [-0.1, -0.05) is 24.3 Å². The van der Waals surface area contributed by atoms with Crippen molar-refractivity contribution in [2.75, 3.05) is 5.32 Å². The Morgan fingerprint density at radius 1 is 1.22 bits per heavy atom. The lowest BCUT2D eigenvalue weighted by molar-refractivity contribution is 0.901. The lowest BCUT2D eigenvalue weighted by atomic mass is 10.1. The van der Waals surface area contributed by atoms with Crippen molar-refractivity contribution in [3.05, 3.63) is 75.6 Å². The molecule has 1 heterocycles. The van der Waals surface area contributed by atoms with E-state index < -0.39 is 11.2 Å². The molecule has 0 amide bonds. The Kier molecular flexibility index (Phi) is 3.43. The van der Waals surface area contributed by atoms with E-state index in [-0.39, 0.29) is 6.04 Å². The van der Waals surface area contributed by atoms with Crippen molar-refractivity contribution in [1.82, 2.24) is 9.97 Å². The van der Waals surface area contributed by atoms with E-state index in [1.54, 1.807) is 6.08 Å². The first-order chi connectivity index (χ1) is 8.70. The fourth-order valence-corrected chi connectivity index (χ4v) is 1.63. The van der Waals surface area contributed by atoms with E-state index in [0.717, 1.165) is 5.69 Å². The van der Waals surface area contributed by atoms with Crippen molar-refractivity contribution in [1.29, 1.82) is 0 Å². The predicted octanol–water partition coefficient (Wildman–Crippen LogP) is 1.40. The number of hydrogen-bond acceptors (Lipinski definition) is 3. The highest BCUT2D eigenvalue weighted by atomic mass is 16.2. The number of hydrogen-bond donors (Lipinski definition) is 3. The number of anilines is 1. The van der Waals surface area contributed by atoms with Crippen LogP contribution in [0.3, 0.4) is 0 Å². The van der Waals surface area contributed by atoms with E-state index in [9.17, 15) is 9.59 Å². The van der Waals surface area contributed by atoms with Gasteiger partial charge in [0.05, 0.1) is 11.6 Å². The molecule has 0 aliphatic rings. The number of H-pyrrole nitrogens is 2. The average molecular weight is 243 g/mol. The van der Waals surface area contributed by atoms with Crippen molar-refractivity contribution >= 4 is 5.69 Å². The number of benzene rings is 1. The fraction of sp³-hybridized carbons (Fsp3) is 0.0769. The summed E-state index contributed by atoms with van der Waals surface area (Å²) in [5.74, 6) is 0. The van der Waals surface area contributed by atoms with Gasteiger partial charge >= 0.3 is 5.69 Å². The lowest BCUT2D eigenvalue weighted by Gasteiger charge is -2.15. The molecule has 2 rings (SSSR count). The Bertz CT molecular complexity index is 643. The third-order valence-electron chi connectivity index (χ3n) is 2.51. The van der Waals surface area contributed by atoms with Gasteiger partial charge in [-0.2, -0.15) is 0 Å². The molecule has 1 atom stereocenters. The molecule has 0 radical (unpaired) electrons. The Morgan fingerprint density at radius 2 is 1.94 bits per heavy atom. The number of aromatic amines is 2. The molecule has 0 aliphatic carbocycles. The molecule has 92 valence electrons. The minimum atomic E-state index is -0.522. The first-order valence-corrected chi connectivity index (χ1v) is 5.47. The van der Waals surface area contributed by atoms with Crippen molar-refractivity contribution in [3.63, 3.8) is 0 Å². The summed E-state index contributed by atoms with van der Waals surface area (Å²) in [4.78, 5) is 27.2. The van der Waals surface area contributed by atoms with Crippen LogP contribution in [-0.4, -0.2) is 9.97 Å². The van der Waals surface area contributed by atoms with E-state index in [0.29, 0.717) is 5.56 Å². The third kappa shape index (κ3) is 2.57. The van der Waals surface area contributed by atoms with Gasteiger partial charge in [-0.25, -0.2) is 4.79 Å². The number of nitrogens with one attached hydrogen (secondary N) is 3. The van der Waals surface area contributed by atoms with Crippen LogP contribution in [0, 0.1) is 0 Å². The maximum atomic E-state index is 11.7. The van der Waals surface area contributed by atoms with Crippen molar-refractivity contribution < 1.29 is 0 Å². The van der Waals surface area contributed by atoms with Gasteiger partial charge in [0.2, 0.25) is 0 Å². The molecule has 0 spiro atoms. The molecule has 0 aliphatic heterocycles. The molecular formula is C13H13N3O2. The molecule has 1 aromatic heterocycles. The highest BCUT2D eigenvalue weighted by Crippen LogP contribution is 2.16. The highest BCUT2D eigenvalue weighted by Gasteiger charge is 2.11. The Labute approximate surface area is 103 Å².